The summed E-state index contributed by atoms with van der Waals surface area (Å²) in [5, 5.41) is 0. The highest BCUT2D eigenvalue weighted by molar-refractivity contribution is 5.79. The molecule has 1 aliphatic heterocycles. The summed E-state index contributed by atoms with van der Waals surface area (Å²) in [5.74, 6) is 1.83. The average Bonchev–Trinajstić information content (AvgIpc) is 3.03. The van der Waals surface area contributed by atoms with Crippen LogP contribution in [0.2, 0.25) is 0 Å². The van der Waals surface area contributed by atoms with Gasteiger partial charge in [0.15, 0.2) is 0 Å². The molecule has 3 fully saturated rings. The lowest BCUT2D eigenvalue weighted by atomic mass is 9.65. The average molecular weight is 326 g/mol. The summed E-state index contributed by atoms with van der Waals surface area (Å²) < 4.78 is 0. The van der Waals surface area contributed by atoms with Crippen molar-refractivity contribution in [2.24, 2.45) is 23.5 Å². The van der Waals surface area contributed by atoms with Crippen molar-refractivity contribution in [2.75, 3.05) is 6.54 Å². The largest absolute Gasteiger partial charge is 0.339 e. The molecule has 3 aliphatic rings. The van der Waals surface area contributed by atoms with E-state index < -0.39 is 0 Å². The lowest BCUT2D eigenvalue weighted by Crippen LogP contribution is -2.50. The molecule has 1 amide bonds. The second-order valence-electron chi connectivity index (χ2n) is 8.21. The first-order valence-electron chi connectivity index (χ1n) is 9.82. The normalized spacial score (nSPS) is 35.9. The van der Waals surface area contributed by atoms with Crippen molar-refractivity contribution in [3.8, 4) is 0 Å². The van der Waals surface area contributed by atoms with Crippen LogP contribution in [0.15, 0.2) is 30.3 Å². The van der Waals surface area contributed by atoms with Crippen LogP contribution in [-0.2, 0) is 11.2 Å². The molecule has 1 heterocycles. The van der Waals surface area contributed by atoms with Crippen LogP contribution < -0.4 is 5.73 Å². The van der Waals surface area contributed by atoms with Crippen LogP contribution in [0.1, 0.15) is 50.5 Å². The van der Waals surface area contributed by atoms with Crippen LogP contribution in [0.5, 0.6) is 0 Å². The second kappa shape index (κ2) is 6.87. The number of hydrogen-bond donors (Lipinski definition) is 1. The molecule has 0 radical (unpaired) electrons. The number of carbonyl (C=O) groups excluding carboxylic acids is 1. The number of hydrogen-bond acceptors (Lipinski definition) is 2. The monoisotopic (exact) mass is 326 g/mol. The minimum atomic E-state index is 0.233. The minimum Gasteiger partial charge on any atom is -0.339 e. The van der Waals surface area contributed by atoms with Gasteiger partial charge in [-0.3, -0.25) is 4.79 Å². The number of nitrogens with two attached hydrogens (primary N) is 1. The number of nitrogens with zero attached hydrogens (tertiary/aromatic N) is 1. The molecule has 2 saturated carbocycles. The van der Waals surface area contributed by atoms with E-state index in [9.17, 15) is 4.79 Å². The van der Waals surface area contributed by atoms with Gasteiger partial charge >= 0.3 is 0 Å². The van der Waals surface area contributed by atoms with E-state index in [-0.39, 0.29) is 5.92 Å². The second-order valence-corrected chi connectivity index (χ2v) is 8.21. The molecule has 3 atom stereocenters. The Morgan fingerprint density at radius 1 is 1.04 bits per heavy atom. The fourth-order valence-electron chi connectivity index (χ4n) is 5.45. The Kier molecular flexibility index (Phi) is 4.62. The van der Waals surface area contributed by atoms with Gasteiger partial charge in [0, 0.05) is 24.5 Å². The molecule has 1 aromatic rings. The Morgan fingerprint density at radius 2 is 1.75 bits per heavy atom. The molecule has 3 unspecified atom stereocenters. The van der Waals surface area contributed by atoms with Crippen LogP contribution in [0.25, 0.3) is 0 Å². The molecule has 1 saturated heterocycles. The summed E-state index contributed by atoms with van der Waals surface area (Å²) >= 11 is 0. The Balaban J connectivity index is 1.43. The van der Waals surface area contributed by atoms with Crippen molar-refractivity contribution in [2.45, 2.75) is 63.5 Å². The van der Waals surface area contributed by atoms with Crippen molar-refractivity contribution in [1.82, 2.24) is 4.90 Å². The Morgan fingerprint density at radius 3 is 2.46 bits per heavy atom. The third-order valence-electron chi connectivity index (χ3n) is 6.74. The highest BCUT2D eigenvalue weighted by Crippen LogP contribution is 2.43. The smallest absolute Gasteiger partial charge is 0.225 e. The van der Waals surface area contributed by atoms with Crippen LogP contribution in [0, 0.1) is 17.8 Å². The van der Waals surface area contributed by atoms with Gasteiger partial charge in [-0.1, -0.05) is 36.8 Å². The maximum absolute atomic E-state index is 13.2. The third-order valence-corrected chi connectivity index (χ3v) is 6.74. The van der Waals surface area contributed by atoms with Crippen molar-refractivity contribution < 1.29 is 4.79 Å². The van der Waals surface area contributed by atoms with Gasteiger partial charge < -0.3 is 10.6 Å². The fourth-order valence-corrected chi connectivity index (χ4v) is 5.45. The summed E-state index contributed by atoms with van der Waals surface area (Å²) in [6.45, 7) is 0.953. The number of rotatable bonds is 3. The first-order valence-corrected chi connectivity index (χ1v) is 9.82. The summed E-state index contributed by atoms with van der Waals surface area (Å²) in [4.78, 5) is 15.4. The molecule has 24 heavy (non-hydrogen) atoms. The molecule has 0 spiro atoms. The predicted molar refractivity (Wildman–Crippen MR) is 96.4 cm³/mol. The SMILES string of the molecule is NC1C2CCCC1CC(C(=O)N1CCCC1Cc1ccccc1)C2. The summed E-state index contributed by atoms with van der Waals surface area (Å²) in [7, 11) is 0. The number of benzene rings is 1. The lowest BCUT2D eigenvalue weighted by Gasteiger charge is -2.44. The van der Waals surface area contributed by atoms with E-state index in [1.165, 1.54) is 24.8 Å². The van der Waals surface area contributed by atoms with Crippen molar-refractivity contribution in [1.29, 1.82) is 0 Å². The summed E-state index contributed by atoms with van der Waals surface area (Å²) in [6.07, 6.45) is 9.15. The van der Waals surface area contributed by atoms with E-state index >= 15 is 0 Å². The quantitative estimate of drug-likeness (QED) is 0.925. The molecule has 130 valence electrons. The topological polar surface area (TPSA) is 46.3 Å². The van der Waals surface area contributed by atoms with Gasteiger partial charge in [0.05, 0.1) is 0 Å². The zero-order valence-corrected chi connectivity index (χ0v) is 14.6. The molecule has 1 aromatic carbocycles. The standard InChI is InChI=1S/C21H30N2O/c22-20-16-8-4-9-17(20)14-18(13-16)21(24)23-11-5-10-19(23)12-15-6-2-1-3-7-15/h1-3,6-7,16-20H,4-5,8-14,22H2. The van der Waals surface area contributed by atoms with Crippen LogP contribution in [0.4, 0.5) is 0 Å². The zero-order chi connectivity index (χ0) is 16.5. The lowest BCUT2D eigenvalue weighted by molar-refractivity contribution is -0.139. The van der Waals surface area contributed by atoms with Gasteiger partial charge in [0.2, 0.25) is 5.91 Å². The van der Waals surface area contributed by atoms with E-state index in [0.29, 0.717) is 29.8 Å². The summed E-state index contributed by atoms with van der Waals surface area (Å²) in [6, 6.07) is 11.4. The Hall–Kier alpha value is -1.35. The highest BCUT2D eigenvalue weighted by Gasteiger charge is 2.43. The molecule has 2 aliphatic carbocycles. The summed E-state index contributed by atoms with van der Waals surface area (Å²) in [5.41, 5.74) is 7.76. The van der Waals surface area contributed by atoms with Crippen molar-refractivity contribution >= 4 is 5.91 Å². The van der Waals surface area contributed by atoms with Gasteiger partial charge in [-0.2, -0.15) is 0 Å². The fraction of sp³-hybridized carbons (Fsp3) is 0.667. The van der Waals surface area contributed by atoms with E-state index in [1.54, 1.807) is 0 Å². The first-order chi connectivity index (χ1) is 11.7. The molecule has 4 rings (SSSR count). The van der Waals surface area contributed by atoms with E-state index in [0.717, 1.165) is 38.6 Å². The molecule has 0 aromatic heterocycles. The van der Waals surface area contributed by atoms with Crippen molar-refractivity contribution in [3.05, 3.63) is 35.9 Å². The highest BCUT2D eigenvalue weighted by atomic mass is 16.2. The third kappa shape index (κ3) is 3.11. The molecule has 3 heteroatoms. The Labute approximate surface area is 145 Å². The van der Waals surface area contributed by atoms with Gasteiger partial charge in [-0.15, -0.1) is 0 Å². The first kappa shape index (κ1) is 16.1. The molecular weight excluding hydrogens is 296 g/mol. The van der Waals surface area contributed by atoms with Crippen LogP contribution in [-0.4, -0.2) is 29.4 Å². The van der Waals surface area contributed by atoms with Gasteiger partial charge in [-0.05, 0) is 62.3 Å². The number of amides is 1. The van der Waals surface area contributed by atoms with E-state index in [4.69, 9.17) is 5.73 Å². The van der Waals surface area contributed by atoms with Crippen LogP contribution >= 0.6 is 0 Å². The number of fused-ring (bicyclic) bond motifs is 2. The van der Waals surface area contributed by atoms with Gasteiger partial charge in [0.1, 0.15) is 0 Å². The minimum absolute atomic E-state index is 0.233. The van der Waals surface area contributed by atoms with Crippen LogP contribution in [0.3, 0.4) is 0 Å². The number of likely N-dealkylation sites (tertiary alicyclic amines) is 1. The van der Waals surface area contributed by atoms with Gasteiger partial charge in [0.25, 0.3) is 0 Å². The number of carbonyl (C=O) groups is 1. The molecule has 2 N–H and O–H groups in total. The Bertz CT molecular complexity index is 558. The maximum atomic E-state index is 13.2. The van der Waals surface area contributed by atoms with E-state index in [1.807, 2.05) is 0 Å². The molecule has 2 bridgehead atoms. The predicted octanol–water partition coefficient (Wildman–Crippen LogP) is 3.37. The van der Waals surface area contributed by atoms with Crippen molar-refractivity contribution in [3.63, 3.8) is 0 Å². The van der Waals surface area contributed by atoms with Gasteiger partial charge in [-0.25, -0.2) is 0 Å². The molecule has 3 nitrogen and oxygen atoms in total. The molecular formula is C21H30N2O. The zero-order valence-electron chi connectivity index (χ0n) is 14.6. The maximum Gasteiger partial charge on any atom is 0.225 e. The van der Waals surface area contributed by atoms with E-state index in [2.05, 4.69) is 35.2 Å².